The van der Waals surface area contributed by atoms with Crippen LogP contribution in [0.4, 0.5) is 4.79 Å². The molecular formula is C28H49N5O5. The Morgan fingerprint density at radius 3 is 2.13 bits per heavy atom. The maximum absolute atomic E-state index is 14.0. The molecule has 0 aromatic rings. The summed E-state index contributed by atoms with van der Waals surface area (Å²) in [6, 6.07) is -2.85. The van der Waals surface area contributed by atoms with E-state index in [2.05, 4.69) is 29.8 Å². The Hall–Kier alpha value is -2.36. The van der Waals surface area contributed by atoms with Gasteiger partial charge in [-0.15, -0.1) is 0 Å². The number of carbonyl (C=O) groups is 4. The number of primary amides is 1. The lowest BCUT2D eigenvalue weighted by Crippen LogP contribution is -2.62. The second-order valence-corrected chi connectivity index (χ2v) is 14.1. The third-order valence-corrected chi connectivity index (χ3v) is 9.01. The van der Waals surface area contributed by atoms with Crippen LogP contribution < -0.4 is 21.7 Å². The topological polar surface area (TPSA) is 154 Å². The van der Waals surface area contributed by atoms with Gasteiger partial charge < -0.3 is 31.7 Å². The standard InChI is InChI=1S/C28H49N5O5/c1-9-28(8)16-14-33(24(37)21(26(2,3)4)31-25(38)32-27(5,6)7)19(18(16)28)23(36)30-17(20(34)22(29)35)13-15-11-10-12-15/h15-21,34H,9-14H2,1-8H3,(H2,29,35)(H,30,36)(H2,31,32,38)/t16?,17?,18?,19-,20?,21+,28?/m0/s1. The highest BCUT2D eigenvalue weighted by atomic mass is 16.3. The number of hydrogen-bond acceptors (Lipinski definition) is 5. The third-order valence-electron chi connectivity index (χ3n) is 9.01. The molecule has 2 aliphatic carbocycles. The first-order chi connectivity index (χ1) is 17.4. The molecule has 10 heteroatoms. The molecule has 38 heavy (non-hydrogen) atoms. The van der Waals surface area contributed by atoms with E-state index in [9.17, 15) is 24.3 Å². The second kappa shape index (κ2) is 10.7. The van der Waals surface area contributed by atoms with E-state index < -0.39 is 47.1 Å². The zero-order chi connectivity index (χ0) is 28.8. The summed E-state index contributed by atoms with van der Waals surface area (Å²) >= 11 is 0. The van der Waals surface area contributed by atoms with E-state index in [1.807, 2.05) is 41.5 Å². The molecule has 216 valence electrons. The van der Waals surface area contributed by atoms with Gasteiger partial charge in [0.15, 0.2) is 6.10 Å². The first-order valence-corrected chi connectivity index (χ1v) is 14.1. The minimum Gasteiger partial charge on any atom is -0.381 e. The summed E-state index contributed by atoms with van der Waals surface area (Å²) in [5.41, 5.74) is 4.25. The fraction of sp³-hybridized carbons (Fsp3) is 0.857. The molecule has 5 unspecified atom stereocenters. The molecule has 0 bridgehead atoms. The van der Waals surface area contributed by atoms with Crippen LogP contribution in [0, 0.1) is 28.6 Å². The fourth-order valence-corrected chi connectivity index (χ4v) is 6.29. The van der Waals surface area contributed by atoms with E-state index in [-0.39, 0.29) is 29.1 Å². The van der Waals surface area contributed by atoms with Gasteiger partial charge in [0, 0.05) is 12.1 Å². The Bertz CT molecular complexity index is 937. The van der Waals surface area contributed by atoms with Crippen molar-refractivity contribution in [1.82, 2.24) is 20.9 Å². The number of urea groups is 1. The molecule has 10 nitrogen and oxygen atoms in total. The van der Waals surface area contributed by atoms with Crippen molar-refractivity contribution in [3.63, 3.8) is 0 Å². The number of nitrogens with two attached hydrogens (primary N) is 1. The SMILES string of the molecule is CCC1(C)C2CN(C(=O)[C@@H](NC(=O)NC(C)(C)C)C(C)(C)C)[C@H](C(=O)NC(CC3CCC3)C(O)C(N)=O)C21. The molecule has 1 heterocycles. The van der Waals surface area contributed by atoms with Crippen LogP contribution in [0.15, 0.2) is 0 Å². The van der Waals surface area contributed by atoms with Gasteiger partial charge in [0.2, 0.25) is 17.7 Å². The summed E-state index contributed by atoms with van der Waals surface area (Å²) in [6.45, 7) is 15.9. The van der Waals surface area contributed by atoms with E-state index >= 15 is 0 Å². The van der Waals surface area contributed by atoms with E-state index in [1.165, 1.54) is 0 Å². The molecule has 0 aromatic heterocycles. The average Bonchev–Trinajstić information content (AvgIpc) is 3.11. The van der Waals surface area contributed by atoms with Gasteiger partial charge >= 0.3 is 6.03 Å². The van der Waals surface area contributed by atoms with Gasteiger partial charge in [0.05, 0.1) is 6.04 Å². The van der Waals surface area contributed by atoms with Crippen molar-refractivity contribution in [3.8, 4) is 0 Å². The summed E-state index contributed by atoms with van der Waals surface area (Å²) in [6.07, 6.45) is 2.90. The second-order valence-electron chi connectivity index (χ2n) is 14.1. The summed E-state index contributed by atoms with van der Waals surface area (Å²) < 4.78 is 0. The number of rotatable bonds is 9. The predicted octanol–water partition coefficient (Wildman–Crippen LogP) is 1.89. The Morgan fingerprint density at radius 2 is 1.68 bits per heavy atom. The normalized spacial score (nSPS) is 29.4. The minimum absolute atomic E-state index is 0.0319. The van der Waals surface area contributed by atoms with Gasteiger partial charge in [-0.05, 0) is 55.8 Å². The van der Waals surface area contributed by atoms with Crippen LogP contribution in [-0.2, 0) is 14.4 Å². The van der Waals surface area contributed by atoms with Crippen LogP contribution in [0.3, 0.4) is 0 Å². The largest absolute Gasteiger partial charge is 0.381 e. The Morgan fingerprint density at radius 1 is 1.08 bits per heavy atom. The first kappa shape index (κ1) is 30.2. The van der Waals surface area contributed by atoms with Crippen LogP contribution in [0.1, 0.15) is 87.5 Å². The van der Waals surface area contributed by atoms with Crippen LogP contribution in [-0.4, -0.2) is 70.1 Å². The number of amides is 5. The van der Waals surface area contributed by atoms with Gasteiger partial charge in [-0.2, -0.15) is 0 Å². The monoisotopic (exact) mass is 535 g/mol. The van der Waals surface area contributed by atoms with Gasteiger partial charge in [-0.25, -0.2) is 4.79 Å². The number of aliphatic hydroxyl groups is 1. The van der Waals surface area contributed by atoms with Crippen molar-refractivity contribution >= 4 is 23.8 Å². The van der Waals surface area contributed by atoms with Crippen LogP contribution >= 0.6 is 0 Å². The van der Waals surface area contributed by atoms with Crippen molar-refractivity contribution < 1.29 is 24.3 Å². The molecule has 1 saturated heterocycles. The molecule has 3 fully saturated rings. The lowest BCUT2D eigenvalue weighted by molar-refractivity contribution is -0.144. The minimum atomic E-state index is -1.50. The van der Waals surface area contributed by atoms with Gasteiger partial charge in [0.1, 0.15) is 12.1 Å². The number of aliphatic hydroxyl groups excluding tert-OH is 1. The van der Waals surface area contributed by atoms with Gasteiger partial charge in [0.25, 0.3) is 0 Å². The summed E-state index contributed by atoms with van der Waals surface area (Å²) in [5, 5.41) is 19.1. The molecule has 0 aromatic carbocycles. The molecule has 2 saturated carbocycles. The average molecular weight is 536 g/mol. The Kier molecular flexibility index (Phi) is 8.47. The highest BCUT2D eigenvalue weighted by Gasteiger charge is 2.71. The molecular weight excluding hydrogens is 486 g/mol. The number of hydrogen-bond donors (Lipinski definition) is 5. The molecule has 5 amide bonds. The van der Waals surface area contributed by atoms with E-state index in [0.717, 1.165) is 25.7 Å². The number of piperidine rings is 1. The van der Waals surface area contributed by atoms with Crippen LogP contribution in [0.25, 0.3) is 0 Å². The van der Waals surface area contributed by atoms with E-state index in [0.29, 0.717) is 18.9 Å². The smallest absolute Gasteiger partial charge is 0.315 e. The summed E-state index contributed by atoms with van der Waals surface area (Å²) in [7, 11) is 0. The lowest BCUT2D eigenvalue weighted by atomic mass is 9.79. The maximum Gasteiger partial charge on any atom is 0.315 e. The Labute approximate surface area is 227 Å². The maximum atomic E-state index is 14.0. The van der Waals surface area contributed by atoms with Crippen molar-refractivity contribution in [2.24, 2.45) is 34.3 Å². The van der Waals surface area contributed by atoms with Crippen molar-refractivity contribution in [2.45, 2.75) is 117 Å². The number of fused-ring (bicyclic) bond motifs is 1. The van der Waals surface area contributed by atoms with E-state index in [1.54, 1.807) is 4.90 Å². The molecule has 0 spiro atoms. The highest BCUT2D eigenvalue weighted by Crippen LogP contribution is 2.67. The molecule has 6 N–H and O–H groups in total. The van der Waals surface area contributed by atoms with Crippen molar-refractivity contribution in [1.29, 1.82) is 0 Å². The van der Waals surface area contributed by atoms with Gasteiger partial charge in [-0.3, -0.25) is 14.4 Å². The highest BCUT2D eigenvalue weighted by molar-refractivity contribution is 5.94. The predicted molar refractivity (Wildman–Crippen MR) is 145 cm³/mol. The molecule has 3 aliphatic rings. The van der Waals surface area contributed by atoms with Crippen LogP contribution in [0.5, 0.6) is 0 Å². The molecule has 0 radical (unpaired) electrons. The van der Waals surface area contributed by atoms with Crippen molar-refractivity contribution in [2.75, 3.05) is 6.54 Å². The number of nitrogens with one attached hydrogen (secondary N) is 3. The molecule has 1 aliphatic heterocycles. The fourth-order valence-electron chi connectivity index (χ4n) is 6.29. The number of carbonyl (C=O) groups excluding carboxylic acids is 4. The quantitative estimate of drug-likeness (QED) is 0.305. The van der Waals surface area contributed by atoms with Crippen molar-refractivity contribution in [3.05, 3.63) is 0 Å². The van der Waals surface area contributed by atoms with Crippen LogP contribution in [0.2, 0.25) is 0 Å². The summed E-state index contributed by atoms with van der Waals surface area (Å²) in [4.78, 5) is 54.0. The zero-order valence-electron chi connectivity index (χ0n) is 24.4. The molecule has 3 rings (SSSR count). The van der Waals surface area contributed by atoms with Gasteiger partial charge in [-0.1, -0.05) is 60.3 Å². The van der Waals surface area contributed by atoms with E-state index in [4.69, 9.17) is 5.73 Å². The third kappa shape index (κ3) is 6.26. The number of likely N-dealkylation sites (tertiary alicyclic amines) is 1. The molecule has 7 atom stereocenters. The summed E-state index contributed by atoms with van der Waals surface area (Å²) in [5.74, 6) is -1.10. The first-order valence-electron chi connectivity index (χ1n) is 14.1. The number of nitrogens with zero attached hydrogens (tertiary/aromatic N) is 1. The Balaban J connectivity index is 1.85. The lowest BCUT2D eigenvalue weighted by Gasteiger charge is -2.39. The zero-order valence-corrected chi connectivity index (χ0v) is 24.4.